The zero-order valence-electron chi connectivity index (χ0n) is 10.8. The minimum absolute atomic E-state index is 0.196. The van der Waals surface area contributed by atoms with Crippen molar-refractivity contribution < 1.29 is 0 Å². The van der Waals surface area contributed by atoms with Gasteiger partial charge in [-0.2, -0.15) is 0 Å². The average Bonchev–Trinajstić information content (AvgIpc) is 2.20. The molecule has 1 aromatic rings. The first-order valence-corrected chi connectivity index (χ1v) is 6.84. The third-order valence-corrected chi connectivity index (χ3v) is 3.28. The second kappa shape index (κ2) is 6.63. The molecular weight excluding hydrogens is 253 g/mol. The Morgan fingerprint density at radius 1 is 1.06 bits per heavy atom. The van der Waals surface area contributed by atoms with E-state index in [-0.39, 0.29) is 5.54 Å². The van der Waals surface area contributed by atoms with Crippen molar-refractivity contribution in [2.75, 3.05) is 6.54 Å². The van der Waals surface area contributed by atoms with Crippen LogP contribution in [0.5, 0.6) is 0 Å². The van der Waals surface area contributed by atoms with Gasteiger partial charge >= 0.3 is 0 Å². The van der Waals surface area contributed by atoms with E-state index in [9.17, 15) is 0 Å². The van der Waals surface area contributed by atoms with Gasteiger partial charge in [-0.05, 0) is 64.3 Å². The zero-order chi connectivity index (χ0) is 12.9. The van der Waals surface area contributed by atoms with E-state index >= 15 is 0 Å². The van der Waals surface area contributed by atoms with E-state index < -0.39 is 0 Å². The van der Waals surface area contributed by atoms with Gasteiger partial charge < -0.3 is 5.32 Å². The van der Waals surface area contributed by atoms with Crippen molar-refractivity contribution in [3.8, 4) is 0 Å². The van der Waals surface area contributed by atoms with Gasteiger partial charge in [0.05, 0.1) is 0 Å². The molecule has 0 aliphatic heterocycles. The fraction of sp³-hybridized carbons (Fsp3) is 0.571. The summed E-state index contributed by atoms with van der Waals surface area (Å²) in [5, 5.41) is 5.03. The maximum atomic E-state index is 6.11. The van der Waals surface area contributed by atoms with E-state index in [1.807, 2.05) is 18.2 Å². The Kier molecular flexibility index (Phi) is 5.78. The Bertz CT molecular complexity index is 335. The molecular formula is C14H21Cl2N. The molecule has 0 aliphatic carbocycles. The maximum absolute atomic E-state index is 6.11. The SMILES string of the molecule is CC(C)(C)NCCCCc1c(Cl)cccc1Cl. The van der Waals surface area contributed by atoms with Crippen LogP contribution in [0.15, 0.2) is 18.2 Å². The van der Waals surface area contributed by atoms with Crippen LogP contribution in [-0.2, 0) is 6.42 Å². The molecule has 0 aromatic heterocycles. The molecule has 1 rings (SSSR count). The molecule has 1 aromatic carbocycles. The monoisotopic (exact) mass is 273 g/mol. The van der Waals surface area contributed by atoms with E-state index in [1.54, 1.807) is 0 Å². The Morgan fingerprint density at radius 3 is 2.18 bits per heavy atom. The minimum Gasteiger partial charge on any atom is -0.312 e. The van der Waals surface area contributed by atoms with Gasteiger partial charge in [-0.1, -0.05) is 29.3 Å². The smallest absolute Gasteiger partial charge is 0.0452 e. The van der Waals surface area contributed by atoms with Crippen LogP contribution in [0.4, 0.5) is 0 Å². The summed E-state index contributed by atoms with van der Waals surface area (Å²) in [6, 6.07) is 5.68. The highest BCUT2D eigenvalue weighted by Crippen LogP contribution is 2.25. The van der Waals surface area contributed by atoms with Crippen LogP contribution >= 0.6 is 23.2 Å². The van der Waals surface area contributed by atoms with E-state index in [0.717, 1.165) is 41.4 Å². The lowest BCUT2D eigenvalue weighted by Crippen LogP contribution is -2.36. The number of benzene rings is 1. The van der Waals surface area contributed by atoms with Crippen LogP contribution in [0, 0.1) is 0 Å². The van der Waals surface area contributed by atoms with Crippen molar-refractivity contribution in [2.45, 2.75) is 45.6 Å². The third kappa shape index (κ3) is 5.76. The largest absolute Gasteiger partial charge is 0.312 e. The second-order valence-corrected chi connectivity index (χ2v) is 6.15. The highest BCUT2D eigenvalue weighted by molar-refractivity contribution is 6.35. The molecule has 3 heteroatoms. The van der Waals surface area contributed by atoms with Gasteiger partial charge in [0.25, 0.3) is 0 Å². The minimum atomic E-state index is 0.196. The normalized spacial score (nSPS) is 11.8. The zero-order valence-corrected chi connectivity index (χ0v) is 12.3. The fourth-order valence-corrected chi connectivity index (χ4v) is 2.25. The molecule has 0 unspecified atom stereocenters. The molecule has 0 amide bonds. The van der Waals surface area contributed by atoms with Crippen molar-refractivity contribution >= 4 is 23.2 Å². The second-order valence-electron chi connectivity index (χ2n) is 5.33. The van der Waals surface area contributed by atoms with E-state index in [4.69, 9.17) is 23.2 Å². The average molecular weight is 274 g/mol. The van der Waals surface area contributed by atoms with Gasteiger partial charge in [0.15, 0.2) is 0 Å². The van der Waals surface area contributed by atoms with E-state index in [0.29, 0.717) is 0 Å². The van der Waals surface area contributed by atoms with Gasteiger partial charge in [-0.25, -0.2) is 0 Å². The molecule has 0 spiro atoms. The maximum Gasteiger partial charge on any atom is 0.0452 e. The van der Waals surface area contributed by atoms with Gasteiger partial charge in [-0.15, -0.1) is 0 Å². The number of rotatable bonds is 5. The molecule has 0 atom stereocenters. The first-order valence-electron chi connectivity index (χ1n) is 6.08. The molecule has 0 fully saturated rings. The van der Waals surface area contributed by atoms with Gasteiger partial charge in [0, 0.05) is 15.6 Å². The topological polar surface area (TPSA) is 12.0 Å². The summed E-state index contributed by atoms with van der Waals surface area (Å²) in [5.74, 6) is 0. The standard InChI is InChI=1S/C14H21Cl2N/c1-14(2,3)17-10-5-4-7-11-12(15)8-6-9-13(11)16/h6,8-9,17H,4-5,7,10H2,1-3H3. The summed E-state index contributed by atoms with van der Waals surface area (Å²) in [7, 11) is 0. The van der Waals surface area contributed by atoms with E-state index in [1.165, 1.54) is 0 Å². The van der Waals surface area contributed by atoms with Crippen LogP contribution in [-0.4, -0.2) is 12.1 Å². The van der Waals surface area contributed by atoms with Crippen LogP contribution in [0.1, 0.15) is 39.2 Å². The third-order valence-electron chi connectivity index (χ3n) is 2.57. The number of unbranched alkanes of at least 4 members (excludes halogenated alkanes) is 1. The highest BCUT2D eigenvalue weighted by atomic mass is 35.5. The molecule has 0 saturated heterocycles. The summed E-state index contributed by atoms with van der Waals surface area (Å²) in [5.41, 5.74) is 1.27. The lowest BCUT2D eigenvalue weighted by Gasteiger charge is -2.20. The highest BCUT2D eigenvalue weighted by Gasteiger charge is 2.08. The summed E-state index contributed by atoms with van der Waals surface area (Å²) < 4.78 is 0. The number of hydrogen-bond donors (Lipinski definition) is 1. The van der Waals surface area contributed by atoms with Crippen LogP contribution in [0.3, 0.4) is 0 Å². The lowest BCUT2D eigenvalue weighted by molar-refractivity contribution is 0.419. The van der Waals surface area contributed by atoms with Crippen LogP contribution in [0.25, 0.3) is 0 Å². The molecule has 1 N–H and O–H groups in total. The molecule has 17 heavy (non-hydrogen) atoms. The number of nitrogens with one attached hydrogen (secondary N) is 1. The van der Waals surface area contributed by atoms with E-state index in [2.05, 4.69) is 26.1 Å². The molecule has 96 valence electrons. The summed E-state index contributed by atoms with van der Waals surface area (Å²) in [6.45, 7) is 7.57. The van der Waals surface area contributed by atoms with Gasteiger partial charge in [0.1, 0.15) is 0 Å². The molecule has 0 radical (unpaired) electrons. The lowest BCUT2D eigenvalue weighted by atomic mass is 10.1. The Balaban J connectivity index is 2.32. The Labute approximate surface area is 115 Å². The van der Waals surface area contributed by atoms with Gasteiger partial charge in [0.2, 0.25) is 0 Å². The van der Waals surface area contributed by atoms with Crippen molar-refractivity contribution in [3.63, 3.8) is 0 Å². The predicted molar refractivity (Wildman–Crippen MR) is 77.2 cm³/mol. The molecule has 0 bridgehead atoms. The van der Waals surface area contributed by atoms with Crippen molar-refractivity contribution in [1.82, 2.24) is 5.32 Å². The summed E-state index contributed by atoms with van der Waals surface area (Å²) in [6.07, 6.45) is 3.19. The first kappa shape index (κ1) is 14.8. The quantitative estimate of drug-likeness (QED) is 0.767. The summed E-state index contributed by atoms with van der Waals surface area (Å²) in [4.78, 5) is 0. The van der Waals surface area contributed by atoms with Crippen molar-refractivity contribution in [3.05, 3.63) is 33.8 Å². The Hall–Kier alpha value is -0.240. The fourth-order valence-electron chi connectivity index (χ4n) is 1.66. The first-order chi connectivity index (χ1) is 7.90. The van der Waals surface area contributed by atoms with Gasteiger partial charge in [-0.3, -0.25) is 0 Å². The number of hydrogen-bond acceptors (Lipinski definition) is 1. The molecule has 0 heterocycles. The van der Waals surface area contributed by atoms with Crippen molar-refractivity contribution in [1.29, 1.82) is 0 Å². The van der Waals surface area contributed by atoms with Crippen LogP contribution in [0.2, 0.25) is 10.0 Å². The molecule has 0 saturated carbocycles. The molecule has 0 aliphatic rings. The number of halogens is 2. The Morgan fingerprint density at radius 2 is 1.65 bits per heavy atom. The van der Waals surface area contributed by atoms with Crippen molar-refractivity contribution in [2.24, 2.45) is 0 Å². The predicted octanol–water partition coefficient (Wildman–Crippen LogP) is 4.70. The van der Waals surface area contributed by atoms with Crippen LogP contribution < -0.4 is 5.32 Å². The molecule has 1 nitrogen and oxygen atoms in total. The summed E-state index contributed by atoms with van der Waals surface area (Å²) >= 11 is 12.2.